The summed E-state index contributed by atoms with van der Waals surface area (Å²) in [6, 6.07) is 6.31. The maximum atomic E-state index is 12.0. The maximum absolute atomic E-state index is 12.0. The molecule has 6 nitrogen and oxygen atoms in total. The van der Waals surface area contributed by atoms with Crippen molar-refractivity contribution in [3.05, 3.63) is 53.1 Å². The van der Waals surface area contributed by atoms with Crippen molar-refractivity contribution in [1.82, 2.24) is 14.6 Å². The van der Waals surface area contributed by atoms with E-state index in [0.29, 0.717) is 26.1 Å². The fraction of sp³-hybridized carbons (Fsp3) is 0.409. The number of carbonyl (C=O) groups is 1. The van der Waals surface area contributed by atoms with Gasteiger partial charge < -0.3 is 9.47 Å². The Morgan fingerprint density at radius 3 is 2.71 bits per heavy atom. The van der Waals surface area contributed by atoms with Gasteiger partial charge in [0.2, 0.25) is 0 Å². The van der Waals surface area contributed by atoms with E-state index in [4.69, 9.17) is 14.6 Å². The van der Waals surface area contributed by atoms with E-state index in [2.05, 4.69) is 30.1 Å². The standard InChI is InChI=1S/C22H27N3O3/c1-5-17-7-9-20-22(16-11-15(3)12-23-13-16)18(8-10-21(26)28-6-2)19(14-27-4)24-25(17)20/h7,9,11-13H,5-6,8,10,14H2,1-4H3. The summed E-state index contributed by atoms with van der Waals surface area (Å²) in [6.45, 7) is 6.72. The normalized spacial score (nSPS) is 11.1. The van der Waals surface area contributed by atoms with Gasteiger partial charge in [-0.3, -0.25) is 9.78 Å². The first-order chi connectivity index (χ1) is 13.6. The van der Waals surface area contributed by atoms with Crippen LogP contribution in [0.2, 0.25) is 0 Å². The van der Waals surface area contributed by atoms with Crippen molar-refractivity contribution in [2.24, 2.45) is 0 Å². The Morgan fingerprint density at radius 1 is 1.21 bits per heavy atom. The van der Waals surface area contributed by atoms with Crippen molar-refractivity contribution >= 4 is 11.5 Å². The highest BCUT2D eigenvalue weighted by Crippen LogP contribution is 2.33. The van der Waals surface area contributed by atoms with Crippen LogP contribution in [-0.4, -0.2) is 34.3 Å². The van der Waals surface area contributed by atoms with Crippen molar-refractivity contribution in [3.63, 3.8) is 0 Å². The molecule has 3 aromatic heterocycles. The number of aromatic nitrogens is 3. The molecule has 148 valence electrons. The van der Waals surface area contributed by atoms with E-state index in [1.165, 1.54) is 0 Å². The van der Waals surface area contributed by atoms with Crippen LogP contribution in [-0.2, 0) is 33.7 Å². The predicted molar refractivity (Wildman–Crippen MR) is 108 cm³/mol. The number of nitrogens with zero attached hydrogens (tertiary/aromatic N) is 3. The van der Waals surface area contributed by atoms with E-state index >= 15 is 0 Å². The summed E-state index contributed by atoms with van der Waals surface area (Å²) in [4.78, 5) is 16.4. The van der Waals surface area contributed by atoms with E-state index < -0.39 is 0 Å². The zero-order valence-electron chi connectivity index (χ0n) is 17.0. The number of hydrogen-bond donors (Lipinski definition) is 0. The molecule has 0 spiro atoms. The number of ether oxygens (including phenoxy) is 2. The number of methoxy groups -OCH3 is 1. The van der Waals surface area contributed by atoms with Gasteiger partial charge in [-0.05, 0) is 56.0 Å². The molecule has 0 saturated heterocycles. The van der Waals surface area contributed by atoms with Gasteiger partial charge in [0, 0.05) is 42.7 Å². The lowest BCUT2D eigenvalue weighted by Gasteiger charge is -2.17. The summed E-state index contributed by atoms with van der Waals surface area (Å²) < 4.78 is 12.5. The highest BCUT2D eigenvalue weighted by Gasteiger charge is 2.20. The van der Waals surface area contributed by atoms with Crippen LogP contribution in [0.5, 0.6) is 0 Å². The topological polar surface area (TPSA) is 65.7 Å². The van der Waals surface area contributed by atoms with Crippen molar-refractivity contribution in [1.29, 1.82) is 0 Å². The molecule has 3 rings (SSSR count). The van der Waals surface area contributed by atoms with E-state index in [1.54, 1.807) is 7.11 Å². The van der Waals surface area contributed by atoms with Crippen LogP contribution in [0.3, 0.4) is 0 Å². The molecule has 0 N–H and O–H groups in total. The monoisotopic (exact) mass is 381 g/mol. The first-order valence-electron chi connectivity index (χ1n) is 9.67. The fourth-order valence-electron chi connectivity index (χ4n) is 3.52. The Labute approximate surface area is 165 Å². The van der Waals surface area contributed by atoms with Crippen LogP contribution in [0.15, 0.2) is 30.6 Å². The molecule has 0 aliphatic heterocycles. The summed E-state index contributed by atoms with van der Waals surface area (Å²) >= 11 is 0. The molecular formula is C22H27N3O3. The first kappa shape index (κ1) is 20.0. The average molecular weight is 381 g/mol. The minimum atomic E-state index is -0.205. The molecule has 0 atom stereocenters. The third-order valence-electron chi connectivity index (χ3n) is 4.75. The van der Waals surface area contributed by atoms with Crippen LogP contribution in [0.1, 0.15) is 42.8 Å². The van der Waals surface area contributed by atoms with Crippen LogP contribution in [0, 0.1) is 6.92 Å². The Morgan fingerprint density at radius 2 is 2.04 bits per heavy atom. The van der Waals surface area contributed by atoms with Gasteiger partial charge in [0.25, 0.3) is 0 Å². The number of carbonyl (C=O) groups excluding carboxylic acids is 1. The van der Waals surface area contributed by atoms with Crippen molar-refractivity contribution < 1.29 is 14.3 Å². The van der Waals surface area contributed by atoms with Crippen molar-refractivity contribution in [3.8, 4) is 11.1 Å². The molecule has 28 heavy (non-hydrogen) atoms. The smallest absolute Gasteiger partial charge is 0.306 e. The third-order valence-corrected chi connectivity index (χ3v) is 4.75. The molecule has 3 aromatic rings. The number of fused-ring (bicyclic) bond motifs is 1. The Kier molecular flexibility index (Phi) is 6.41. The van der Waals surface area contributed by atoms with Gasteiger partial charge in [-0.15, -0.1) is 0 Å². The van der Waals surface area contributed by atoms with Crippen LogP contribution >= 0.6 is 0 Å². The van der Waals surface area contributed by atoms with E-state index in [9.17, 15) is 4.79 Å². The lowest BCUT2D eigenvalue weighted by atomic mass is 9.95. The van der Waals surface area contributed by atoms with E-state index in [1.807, 2.05) is 30.8 Å². The molecule has 0 aliphatic carbocycles. The van der Waals surface area contributed by atoms with Crippen LogP contribution in [0.4, 0.5) is 0 Å². The summed E-state index contributed by atoms with van der Waals surface area (Å²) in [7, 11) is 1.66. The molecule has 0 saturated carbocycles. The molecule has 0 aromatic carbocycles. The second-order valence-electron chi connectivity index (χ2n) is 6.76. The Bertz CT molecular complexity index is 979. The number of esters is 1. The van der Waals surface area contributed by atoms with Gasteiger partial charge in [-0.25, -0.2) is 4.52 Å². The van der Waals surface area contributed by atoms with Gasteiger partial charge in [0.05, 0.1) is 24.4 Å². The second kappa shape index (κ2) is 8.97. The SMILES string of the molecule is CCOC(=O)CCc1c(COC)nn2c(CC)ccc2c1-c1cncc(C)c1. The maximum Gasteiger partial charge on any atom is 0.306 e. The molecule has 0 fully saturated rings. The molecular weight excluding hydrogens is 354 g/mol. The summed E-state index contributed by atoms with van der Waals surface area (Å²) in [6.07, 6.45) is 5.42. The molecule has 0 radical (unpaired) electrons. The average Bonchev–Trinajstić information content (AvgIpc) is 3.08. The Hall–Kier alpha value is -2.73. The molecule has 0 bridgehead atoms. The quantitative estimate of drug-likeness (QED) is 0.554. The third kappa shape index (κ3) is 4.07. The lowest BCUT2D eigenvalue weighted by molar-refractivity contribution is -0.143. The number of aryl methyl sites for hydroxylation is 2. The summed E-state index contributed by atoms with van der Waals surface area (Å²) in [5.74, 6) is -0.205. The molecule has 0 unspecified atom stereocenters. The highest BCUT2D eigenvalue weighted by atomic mass is 16.5. The summed E-state index contributed by atoms with van der Waals surface area (Å²) in [5, 5.41) is 4.85. The second-order valence-corrected chi connectivity index (χ2v) is 6.76. The van der Waals surface area contributed by atoms with Crippen molar-refractivity contribution in [2.45, 2.75) is 46.6 Å². The number of pyridine rings is 1. The minimum Gasteiger partial charge on any atom is -0.466 e. The molecule has 3 heterocycles. The van der Waals surface area contributed by atoms with E-state index in [0.717, 1.165) is 45.6 Å². The summed E-state index contributed by atoms with van der Waals surface area (Å²) in [5.41, 5.74) is 7.15. The van der Waals surface area contributed by atoms with Crippen LogP contribution in [0.25, 0.3) is 16.6 Å². The zero-order chi connectivity index (χ0) is 20.1. The highest BCUT2D eigenvalue weighted by molar-refractivity contribution is 5.84. The predicted octanol–water partition coefficient (Wildman–Crippen LogP) is 3.91. The van der Waals surface area contributed by atoms with E-state index in [-0.39, 0.29) is 5.97 Å². The van der Waals surface area contributed by atoms with Crippen LogP contribution < -0.4 is 0 Å². The zero-order valence-corrected chi connectivity index (χ0v) is 17.0. The lowest BCUT2D eigenvalue weighted by Crippen LogP contribution is -2.12. The largest absolute Gasteiger partial charge is 0.466 e. The van der Waals surface area contributed by atoms with Gasteiger partial charge in [-0.1, -0.05) is 6.92 Å². The molecule has 0 aliphatic rings. The minimum absolute atomic E-state index is 0.205. The van der Waals surface area contributed by atoms with Crippen molar-refractivity contribution in [2.75, 3.05) is 13.7 Å². The molecule has 0 amide bonds. The fourth-order valence-corrected chi connectivity index (χ4v) is 3.52. The number of hydrogen-bond acceptors (Lipinski definition) is 5. The van der Waals surface area contributed by atoms with Gasteiger partial charge >= 0.3 is 5.97 Å². The first-order valence-corrected chi connectivity index (χ1v) is 9.67. The number of rotatable bonds is 8. The van der Waals surface area contributed by atoms with Gasteiger partial charge in [0.15, 0.2) is 0 Å². The van der Waals surface area contributed by atoms with Gasteiger partial charge in [-0.2, -0.15) is 5.10 Å². The molecule has 6 heteroatoms. The van der Waals surface area contributed by atoms with Gasteiger partial charge in [0.1, 0.15) is 0 Å². The Balaban J connectivity index is 2.22.